The van der Waals surface area contributed by atoms with Gasteiger partial charge in [0.05, 0.1) is 0 Å². The summed E-state index contributed by atoms with van der Waals surface area (Å²) in [6.07, 6.45) is 5.51. The van der Waals surface area contributed by atoms with Crippen molar-refractivity contribution in [2.75, 3.05) is 0 Å². The second-order valence-corrected chi connectivity index (χ2v) is 6.59. The third-order valence-electron chi connectivity index (χ3n) is 4.81. The number of hydrogen-bond donors (Lipinski definition) is 0. The Bertz CT molecular complexity index is 924. The summed E-state index contributed by atoms with van der Waals surface area (Å²) in [4.78, 5) is 0. The highest BCUT2D eigenvalue weighted by molar-refractivity contribution is 5.98. The first kappa shape index (κ1) is 20.3. The molecule has 27 heavy (non-hydrogen) atoms. The van der Waals surface area contributed by atoms with E-state index in [1.54, 1.807) is 6.08 Å². The second kappa shape index (κ2) is 9.05. The zero-order valence-corrected chi connectivity index (χ0v) is 16.8. The maximum absolute atomic E-state index is 5.79. The average Bonchev–Trinajstić information content (AvgIpc) is 2.66. The van der Waals surface area contributed by atoms with E-state index < -0.39 is 0 Å². The Morgan fingerprint density at radius 1 is 0.926 bits per heavy atom. The van der Waals surface area contributed by atoms with Crippen molar-refractivity contribution >= 4 is 11.1 Å². The lowest BCUT2D eigenvalue weighted by atomic mass is 9.88. The molecule has 2 aromatic carbocycles. The summed E-state index contributed by atoms with van der Waals surface area (Å²) in [5, 5.41) is 0. The van der Waals surface area contributed by atoms with Crippen molar-refractivity contribution in [1.29, 1.82) is 0 Å². The highest BCUT2D eigenvalue weighted by Gasteiger charge is 2.14. The third kappa shape index (κ3) is 4.57. The number of rotatable bonds is 7. The molecule has 0 fully saturated rings. The van der Waals surface area contributed by atoms with Gasteiger partial charge in [-0.25, -0.2) is 0 Å². The molecular weight excluding hydrogens is 328 g/mol. The predicted octanol–water partition coefficient (Wildman–Crippen LogP) is 7.44. The first-order valence-electron chi connectivity index (χ1n) is 9.06. The minimum absolute atomic E-state index is 0.548. The Balaban J connectivity index is 2.66. The lowest BCUT2D eigenvalue weighted by molar-refractivity contribution is 0.443. The highest BCUT2D eigenvalue weighted by Crippen LogP contribution is 2.36. The number of allylic oxidation sites excluding steroid dienone is 6. The van der Waals surface area contributed by atoms with Gasteiger partial charge in [0.15, 0.2) is 0 Å². The Morgan fingerprint density at radius 2 is 1.59 bits per heavy atom. The molecule has 1 heteroatoms. The topological polar surface area (TPSA) is 9.23 Å². The van der Waals surface area contributed by atoms with Gasteiger partial charge in [-0.2, -0.15) is 0 Å². The first-order valence-corrected chi connectivity index (χ1v) is 9.06. The Hall–Kier alpha value is -3.06. The molecule has 1 nitrogen and oxygen atoms in total. The van der Waals surface area contributed by atoms with Crippen LogP contribution in [0.3, 0.4) is 0 Å². The molecule has 0 bridgehead atoms. The smallest absolute Gasteiger partial charge is 0.130 e. The van der Waals surface area contributed by atoms with E-state index in [2.05, 4.69) is 83.8 Å². The lowest BCUT2D eigenvalue weighted by Gasteiger charge is -2.19. The van der Waals surface area contributed by atoms with Gasteiger partial charge in [0, 0.05) is 0 Å². The maximum atomic E-state index is 5.79. The molecule has 0 unspecified atom stereocenters. The molecule has 2 aromatic rings. The minimum atomic E-state index is 0.548. The van der Waals surface area contributed by atoms with Crippen LogP contribution in [0, 0.1) is 13.8 Å². The molecule has 0 atom stereocenters. The van der Waals surface area contributed by atoms with E-state index in [1.165, 1.54) is 33.4 Å². The van der Waals surface area contributed by atoms with Gasteiger partial charge < -0.3 is 4.74 Å². The summed E-state index contributed by atoms with van der Waals surface area (Å²) >= 11 is 0. The van der Waals surface area contributed by atoms with Crippen molar-refractivity contribution in [2.45, 2.75) is 27.7 Å². The largest absolute Gasteiger partial charge is 0.458 e. The summed E-state index contributed by atoms with van der Waals surface area (Å²) in [6.45, 7) is 19.9. The molecule has 0 radical (unpaired) electrons. The van der Waals surface area contributed by atoms with E-state index in [0.29, 0.717) is 5.76 Å². The molecular formula is C26H28O. The van der Waals surface area contributed by atoms with Crippen LogP contribution in [0.5, 0.6) is 5.75 Å². The molecule has 138 valence electrons. The molecule has 0 amide bonds. The van der Waals surface area contributed by atoms with Gasteiger partial charge in [-0.1, -0.05) is 68.3 Å². The normalized spacial score (nSPS) is 12.2. The Kier molecular flexibility index (Phi) is 6.79. The van der Waals surface area contributed by atoms with Crippen LogP contribution in [0.2, 0.25) is 0 Å². The van der Waals surface area contributed by atoms with Crippen LogP contribution < -0.4 is 4.74 Å². The van der Waals surface area contributed by atoms with Crippen LogP contribution in [-0.4, -0.2) is 0 Å². The van der Waals surface area contributed by atoms with Gasteiger partial charge in [-0.3, -0.25) is 0 Å². The third-order valence-corrected chi connectivity index (χ3v) is 4.81. The van der Waals surface area contributed by atoms with Gasteiger partial charge in [0.2, 0.25) is 0 Å². The Morgan fingerprint density at radius 3 is 2.19 bits per heavy atom. The van der Waals surface area contributed by atoms with E-state index in [-0.39, 0.29) is 0 Å². The van der Waals surface area contributed by atoms with Crippen LogP contribution in [0.4, 0.5) is 0 Å². The average molecular weight is 357 g/mol. The Labute approximate surface area is 163 Å². The molecule has 0 spiro atoms. The van der Waals surface area contributed by atoms with Gasteiger partial charge >= 0.3 is 0 Å². The summed E-state index contributed by atoms with van der Waals surface area (Å²) in [5.74, 6) is 1.36. The van der Waals surface area contributed by atoms with Crippen LogP contribution in [-0.2, 0) is 0 Å². The quantitative estimate of drug-likeness (QED) is 0.284. The molecule has 0 aliphatic carbocycles. The first-order chi connectivity index (χ1) is 12.9. The van der Waals surface area contributed by atoms with Crippen molar-refractivity contribution < 1.29 is 4.74 Å². The second-order valence-electron chi connectivity index (χ2n) is 6.59. The van der Waals surface area contributed by atoms with Crippen molar-refractivity contribution in [3.8, 4) is 5.75 Å². The standard InChI is InChI=1S/C26H28O/c1-8-13-18(3)26(23-14-11-10-12-15-23)22(7)24-16-17-25(21(6)20(24)5)27-19(4)9-2/h8-17H,1-2,4H2,3,5-7H3/b18-13+,26-22-. The number of benzene rings is 2. The van der Waals surface area contributed by atoms with E-state index in [9.17, 15) is 0 Å². The SMILES string of the molecule is C=C/C=C(C)/C(=C(\C)c1ccc(OC(=C)C=C)c(C)c1C)c1ccccc1. The highest BCUT2D eigenvalue weighted by atomic mass is 16.5. The van der Waals surface area contributed by atoms with E-state index in [4.69, 9.17) is 4.74 Å². The van der Waals surface area contributed by atoms with Gasteiger partial charge in [0.1, 0.15) is 11.5 Å². The summed E-state index contributed by atoms with van der Waals surface area (Å²) < 4.78 is 5.79. The zero-order chi connectivity index (χ0) is 20.0. The number of ether oxygens (including phenoxy) is 1. The maximum Gasteiger partial charge on any atom is 0.130 e. The molecule has 0 aliphatic heterocycles. The van der Waals surface area contributed by atoms with Gasteiger partial charge in [0.25, 0.3) is 0 Å². The zero-order valence-electron chi connectivity index (χ0n) is 16.8. The predicted molar refractivity (Wildman–Crippen MR) is 119 cm³/mol. The monoisotopic (exact) mass is 356 g/mol. The fraction of sp³-hybridized carbons (Fsp3) is 0.154. The van der Waals surface area contributed by atoms with E-state index >= 15 is 0 Å². The van der Waals surface area contributed by atoms with E-state index in [1.807, 2.05) is 18.2 Å². The van der Waals surface area contributed by atoms with Crippen LogP contribution in [0.1, 0.15) is 36.1 Å². The van der Waals surface area contributed by atoms with Crippen LogP contribution in [0.25, 0.3) is 11.1 Å². The van der Waals surface area contributed by atoms with Gasteiger partial charge in [-0.15, -0.1) is 0 Å². The molecule has 0 aliphatic rings. The van der Waals surface area contributed by atoms with Crippen LogP contribution >= 0.6 is 0 Å². The molecule has 0 aromatic heterocycles. The fourth-order valence-corrected chi connectivity index (χ4v) is 3.24. The summed E-state index contributed by atoms with van der Waals surface area (Å²) in [7, 11) is 0. The number of hydrogen-bond acceptors (Lipinski definition) is 1. The minimum Gasteiger partial charge on any atom is -0.458 e. The fourth-order valence-electron chi connectivity index (χ4n) is 3.24. The lowest BCUT2D eigenvalue weighted by Crippen LogP contribution is -1.99. The van der Waals surface area contributed by atoms with Gasteiger partial charge in [-0.05, 0) is 78.8 Å². The molecule has 0 saturated carbocycles. The molecule has 0 heterocycles. The molecule has 0 saturated heterocycles. The van der Waals surface area contributed by atoms with E-state index in [0.717, 1.165) is 11.3 Å². The van der Waals surface area contributed by atoms with Crippen molar-refractivity contribution in [3.05, 3.63) is 114 Å². The summed E-state index contributed by atoms with van der Waals surface area (Å²) in [5.41, 5.74) is 8.34. The molecule has 2 rings (SSSR count). The van der Waals surface area contributed by atoms with Crippen molar-refractivity contribution in [1.82, 2.24) is 0 Å². The summed E-state index contributed by atoms with van der Waals surface area (Å²) in [6, 6.07) is 14.6. The van der Waals surface area contributed by atoms with Crippen LogP contribution in [0.15, 0.2) is 91.8 Å². The van der Waals surface area contributed by atoms with Crippen molar-refractivity contribution in [2.24, 2.45) is 0 Å². The van der Waals surface area contributed by atoms with Crippen molar-refractivity contribution in [3.63, 3.8) is 0 Å². The molecule has 0 N–H and O–H groups in total.